The molecule has 0 atom stereocenters. The molecule has 36 heavy (non-hydrogen) atoms. The van der Waals surface area contributed by atoms with Crippen LogP contribution in [0.25, 0.3) is 11.1 Å². The molecule has 0 aliphatic heterocycles. The molecule has 0 aliphatic rings. The van der Waals surface area contributed by atoms with Gasteiger partial charge in [-0.25, -0.2) is 0 Å². The molecule has 0 aromatic heterocycles. The average molecular weight is 590 g/mol. The Kier molecular flexibility index (Phi) is 14.2. The summed E-state index contributed by atoms with van der Waals surface area (Å²) in [7, 11) is -1.48. The first-order valence-electron chi connectivity index (χ1n) is 11.7. The minimum atomic E-state index is -1.48. The molecule has 4 rings (SSSR count). The van der Waals surface area contributed by atoms with Crippen molar-refractivity contribution in [1.82, 2.24) is 0 Å². The Morgan fingerprint density at radius 2 is 1.00 bits per heavy atom. The second-order valence-electron chi connectivity index (χ2n) is 9.69. The third-order valence-electron chi connectivity index (χ3n) is 7.02. The average Bonchev–Trinajstić information content (AvgIpc) is 2.94. The van der Waals surface area contributed by atoms with Crippen LogP contribution in [0.4, 0.5) is 0 Å². The van der Waals surface area contributed by atoms with Crippen LogP contribution in [0.3, 0.4) is 0 Å². The zero-order valence-corrected chi connectivity index (χ0v) is 27.3. The van der Waals surface area contributed by atoms with Gasteiger partial charge in [0.1, 0.15) is 0 Å². The van der Waals surface area contributed by atoms with E-state index in [1.807, 2.05) is 0 Å². The molecule has 0 radical (unpaired) electrons. The van der Waals surface area contributed by atoms with Gasteiger partial charge in [-0.15, -0.1) is 16.7 Å². The first kappa shape index (κ1) is 34.8. The van der Waals surface area contributed by atoms with Gasteiger partial charge in [0.15, 0.2) is 0 Å². The van der Waals surface area contributed by atoms with Crippen molar-refractivity contribution in [3.8, 4) is 11.1 Å². The van der Waals surface area contributed by atoms with Crippen molar-refractivity contribution in [3.05, 3.63) is 111 Å². The van der Waals surface area contributed by atoms with Crippen molar-refractivity contribution in [1.29, 1.82) is 0 Å². The Labute approximate surface area is 253 Å². The van der Waals surface area contributed by atoms with E-state index in [0.717, 1.165) is 6.04 Å². The van der Waals surface area contributed by atoms with Crippen LogP contribution >= 0.6 is 0 Å². The minimum absolute atomic E-state index is 0. The Morgan fingerprint density at radius 3 is 1.42 bits per heavy atom. The van der Waals surface area contributed by atoms with Gasteiger partial charge in [-0.1, -0.05) is 132 Å². The molecule has 0 unspecified atom stereocenters. The second-order valence-corrected chi connectivity index (χ2v) is 12.5. The van der Waals surface area contributed by atoms with E-state index in [2.05, 4.69) is 115 Å². The zero-order valence-electron chi connectivity index (χ0n) is 22.3. The van der Waals surface area contributed by atoms with Crippen LogP contribution in [-0.4, -0.2) is 8.80 Å². The van der Waals surface area contributed by atoms with Crippen LogP contribution in [0.5, 0.6) is 0 Å². The van der Waals surface area contributed by atoms with Gasteiger partial charge in [0.25, 0.3) is 0 Å². The Hall–Kier alpha value is -1.19. The zero-order chi connectivity index (χ0) is 23.0. The minimum Gasteiger partial charge on any atom is -1.00 e. The van der Waals surface area contributed by atoms with E-state index in [1.54, 1.807) is 15.9 Å². The standard InChI is InChI=1S/C31H35Si.3ClH.Ti/c1-20-13-21(2)16-28(15-20)32(29-17-22(3)14-23(4)18-29)19-30-25(6)24(5)26(7)31(30)27-11-9-8-10-12-27;;;;/h8-18,32H,19H2,1-7H3;3*1H;/q-1;;;;+4/p-3. The molecule has 0 heterocycles. The summed E-state index contributed by atoms with van der Waals surface area (Å²) >= 11 is 0. The summed E-state index contributed by atoms with van der Waals surface area (Å²) in [5.41, 5.74) is 14.2. The maximum absolute atomic E-state index is 2.45. The molecule has 5 heteroatoms. The number of rotatable bonds is 5. The molecular weight excluding hydrogens is 555 g/mol. The molecule has 0 amide bonds. The largest absolute Gasteiger partial charge is 4.00 e. The topological polar surface area (TPSA) is 0 Å². The summed E-state index contributed by atoms with van der Waals surface area (Å²) in [6.07, 6.45) is 0. The predicted molar refractivity (Wildman–Crippen MR) is 144 cm³/mol. The van der Waals surface area contributed by atoms with E-state index in [9.17, 15) is 0 Å². The maximum Gasteiger partial charge on any atom is 4.00 e. The van der Waals surface area contributed by atoms with E-state index in [-0.39, 0.29) is 58.9 Å². The van der Waals surface area contributed by atoms with Gasteiger partial charge < -0.3 is 37.2 Å². The van der Waals surface area contributed by atoms with E-state index >= 15 is 0 Å². The predicted octanol–water partition coefficient (Wildman–Crippen LogP) is -2.64. The van der Waals surface area contributed by atoms with Crippen molar-refractivity contribution in [2.24, 2.45) is 0 Å². The van der Waals surface area contributed by atoms with Gasteiger partial charge in [0.2, 0.25) is 0 Å². The first-order valence-corrected chi connectivity index (χ1v) is 13.7. The van der Waals surface area contributed by atoms with Crippen LogP contribution < -0.4 is 47.6 Å². The van der Waals surface area contributed by atoms with Crippen molar-refractivity contribution >= 4 is 19.2 Å². The van der Waals surface area contributed by atoms with E-state index in [4.69, 9.17) is 0 Å². The third kappa shape index (κ3) is 7.44. The van der Waals surface area contributed by atoms with Crippen LogP contribution in [0.2, 0.25) is 0 Å². The fraction of sp³-hybridized carbons (Fsp3) is 0.258. The fourth-order valence-electron chi connectivity index (χ4n) is 5.41. The molecule has 0 saturated carbocycles. The SMILES string of the molecule is Cc1cc(C)cc([SiH](C[c-]2c(C)c(C)c(C)c2-c2ccccc2)c2cc(C)cc(C)c2)c1.[Cl-].[Cl-].[Cl-].[Ti+4]. The fourth-order valence-corrected chi connectivity index (χ4v) is 9.05. The quantitative estimate of drug-likeness (QED) is 0.177. The van der Waals surface area contributed by atoms with Crippen molar-refractivity contribution in [2.75, 3.05) is 0 Å². The normalized spacial score (nSPS) is 10.1. The van der Waals surface area contributed by atoms with E-state index in [1.165, 1.54) is 50.1 Å². The molecular formula is C31H35Cl3SiTi. The van der Waals surface area contributed by atoms with Crippen LogP contribution in [0, 0.1) is 48.5 Å². The van der Waals surface area contributed by atoms with Gasteiger partial charge in [0, 0.05) is 0 Å². The summed E-state index contributed by atoms with van der Waals surface area (Å²) < 4.78 is 0. The summed E-state index contributed by atoms with van der Waals surface area (Å²) in [5, 5.41) is 3.12. The van der Waals surface area contributed by atoms with Crippen LogP contribution in [-0.2, 0) is 27.8 Å². The molecule has 0 spiro atoms. The van der Waals surface area contributed by atoms with Crippen LogP contribution in [0.15, 0.2) is 66.7 Å². The summed E-state index contributed by atoms with van der Waals surface area (Å²) in [6.45, 7) is 15.9. The molecule has 0 N–H and O–H groups in total. The summed E-state index contributed by atoms with van der Waals surface area (Å²) in [4.78, 5) is 0. The van der Waals surface area contributed by atoms with Crippen molar-refractivity contribution in [2.45, 2.75) is 54.5 Å². The number of hydrogen-bond donors (Lipinski definition) is 0. The van der Waals surface area contributed by atoms with Crippen molar-refractivity contribution in [3.63, 3.8) is 0 Å². The molecule has 188 valence electrons. The molecule has 4 aromatic rings. The van der Waals surface area contributed by atoms with E-state index in [0.29, 0.717) is 0 Å². The number of halogens is 3. The number of benzene rings is 3. The Morgan fingerprint density at radius 1 is 0.583 bits per heavy atom. The number of hydrogen-bond acceptors (Lipinski definition) is 0. The molecule has 0 nitrogen and oxygen atoms in total. The molecule has 0 saturated heterocycles. The third-order valence-corrected chi connectivity index (χ3v) is 10.1. The summed E-state index contributed by atoms with van der Waals surface area (Å²) in [5.74, 6) is 0. The van der Waals surface area contributed by atoms with Gasteiger partial charge in [-0.05, 0) is 27.7 Å². The monoisotopic (exact) mass is 588 g/mol. The van der Waals surface area contributed by atoms with Gasteiger partial charge in [-0.2, -0.15) is 11.1 Å². The molecule has 4 aromatic carbocycles. The van der Waals surface area contributed by atoms with Gasteiger partial charge >= 0.3 is 21.7 Å². The maximum atomic E-state index is 2.45. The number of aryl methyl sites for hydroxylation is 4. The first-order chi connectivity index (χ1) is 15.2. The smallest absolute Gasteiger partial charge is 1.00 e. The second kappa shape index (κ2) is 14.7. The van der Waals surface area contributed by atoms with Gasteiger partial charge in [-0.3, -0.25) is 0 Å². The molecule has 0 aliphatic carbocycles. The van der Waals surface area contributed by atoms with Gasteiger partial charge in [0.05, 0.1) is 8.80 Å². The van der Waals surface area contributed by atoms with E-state index < -0.39 is 8.80 Å². The Balaban J connectivity index is 0.00000306. The molecule has 0 fully saturated rings. The van der Waals surface area contributed by atoms with Crippen molar-refractivity contribution < 1.29 is 58.9 Å². The Bertz CT molecular complexity index is 1190. The molecule has 0 bridgehead atoms. The summed E-state index contributed by atoms with van der Waals surface area (Å²) in [6, 6.07) is 26.5. The van der Waals surface area contributed by atoms with Crippen LogP contribution in [0.1, 0.15) is 44.5 Å².